The van der Waals surface area contributed by atoms with Crippen molar-refractivity contribution in [2.45, 2.75) is 53.7 Å². The number of carbonyl (C=O) groups is 1. The van der Waals surface area contributed by atoms with Crippen LogP contribution in [0.3, 0.4) is 0 Å². The average Bonchev–Trinajstić information content (AvgIpc) is 3.36. The summed E-state index contributed by atoms with van der Waals surface area (Å²) < 4.78 is 15.5. The van der Waals surface area contributed by atoms with Gasteiger partial charge in [0.15, 0.2) is 4.80 Å². The van der Waals surface area contributed by atoms with Crippen molar-refractivity contribution >= 4 is 35.0 Å². The molecule has 0 amide bonds. The predicted molar refractivity (Wildman–Crippen MR) is 163 cm³/mol. The Morgan fingerprint density at radius 2 is 1.85 bits per heavy atom. The second kappa shape index (κ2) is 11.2. The number of rotatable bonds is 6. The van der Waals surface area contributed by atoms with Crippen LogP contribution in [0.1, 0.15) is 54.9 Å². The molecule has 3 heterocycles. The molecule has 0 bridgehead atoms. The van der Waals surface area contributed by atoms with E-state index in [9.17, 15) is 9.59 Å². The molecule has 2 aromatic carbocycles. The van der Waals surface area contributed by atoms with Crippen LogP contribution in [0.15, 0.2) is 69.6 Å². The number of fused-ring (bicyclic) bond motifs is 1. The van der Waals surface area contributed by atoms with Crippen molar-refractivity contribution in [2.24, 2.45) is 4.99 Å². The zero-order valence-electron chi connectivity index (χ0n) is 24.1. The Balaban J connectivity index is 1.73. The fourth-order valence-electron chi connectivity index (χ4n) is 5.31. The lowest BCUT2D eigenvalue weighted by Crippen LogP contribution is -2.40. The number of allylic oxidation sites excluding steroid dienone is 1. The highest BCUT2D eigenvalue weighted by atomic mass is 35.5. The molecule has 1 atom stereocenters. The number of thiazole rings is 1. The molecule has 9 heteroatoms. The largest absolute Gasteiger partial charge is 0.496 e. The van der Waals surface area contributed by atoms with Gasteiger partial charge in [0.05, 0.1) is 29.0 Å². The second-order valence-electron chi connectivity index (χ2n) is 10.4. The maximum absolute atomic E-state index is 14.1. The molecule has 0 saturated heterocycles. The van der Waals surface area contributed by atoms with Gasteiger partial charge in [-0.05, 0) is 95.1 Å². The summed E-state index contributed by atoms with van der Waals surface area (Å²) in [5.41, 5.74) is 6.32. The summed E-state index contributed by atoms with van der Waals surface area (Å²) in [6.45, 7) is 11.5. The molecule has 1 aliphatic rings. The Morgan fingerprint density at radius 3 is 2.54 bits per heavy atom. The molecular weight excluding hydrogens is 558 g/mol. The Morgan fingerprint density at radius 1 is 1.10 bits per heavy atom. The Hall–Kier alpha value is -3.88. The first-order chi connectivity index (χ1) is 19.5. The number of aryl methyl sites for hydroxylation is 2. The Bertz CT molecular complexity index is 1890. The van der Waals surface area contributed by atoms with Gasteiger partial charge < -0.3 is 14.0 Å². The number of ether oxygens (including phenoxy) is 2. The van der Waals surface area contributed by atoms with Gasteiger partial charge in [0, 0.05) is 27.7 Å². The third-order valence-corrected chi connectivity index (χ3v) is 8.31. The zero-order valence-corrected chi connectivity index (χ0v) is 25.7. The molecule has 7 nitrogen and oxygen atoms in total. The van der Waals surface area contributed by atoms with Crippen LogP contribution in [0.25, 0.3) is 11.8 Å². The van der Waals surface area contributed by atoms with Crippen LogP contribution in [-0.4, -0.2) is 28.3 Å². The number of hydrogen-bond donors (Lipinski definition) is 0. The minimum Gasteiger partial charge on any atom is -0.496 e. The number of esters is 1. The molecule has 0 aliphatic carbocycles. The number of nitrogens with zero attached hydrogens (tertiary/aromatic N) is 3. The first kappa shape index (κ1) is 28.6. The molecular formula is C32H32ClN3O4S. The molecule has 4 aromatic rings. The lowest BCUT2D eigenvalue weighted by Gasteiger charge is -2.26. The van der Waals surface area contributed by atoms with Gasteiger partial charge in [-0.2, -0.15) is 0 Å². The Kier molecular flexibility index (Phi) is 7.81. The summed E-state index contributed by atoms with van der Waals surface area (Å²) in [4.78, 5) is 32.7. The highest BCUT2D eigenvalue weighted by Crippen LogP contribution is 2.37. The van der Waals surface area contributed by atoms with Gasteiger partial charge in [-0.3, -0.25) is 9.36 Å². The second-order valence-corrected chi connectivity index (χ2v) is 11.9. The molecule has 5 rings (SSSR count). The maximum Gasteiger partial charge on any atom is 0.338 e. The van der Waals surface area contributed by atoms with E-state index in [-0.39, 0.29) is 17.2 Å². The summed E-state index contributed by atoms with van der Waals surface area (Å²) in [5, 5.41) is 0.456. The van der Waals surface area contributed by atoms with E-state index in [4.69, 9.17) is 26.1 Å². The van der Waals surface area contributed by atoms with Crippen molar-refractivity contribution < 1.29 is 14.3 Å². The van der Waals surface area contributed by atoms with Crippen LogP contribution in [-0.2, 0) is 9.53 Å². The Labute approximate surface area is 247 Å². The van der Waals surface area contributed by atoms with Crippen LogP contribution >= 0.6 is 22.9 Å². The van der Waals surface area contributed by atoms with Gasteiger partial charge in [0.25, 0.3) is 5.56 Å². The molecule has 212 valence electrons. The van der Waals surface area contributed by atoms with Crippen LogP contribution < -0.4 is 19.6 Å². The summed E-state index contributed by atoms with van der Waals surface area (Å²) in [7, 11) is 1.54. The first-order valence-corrected chi connectivity index (χ1v) is 14.5. The molecule has 2 aromatic heterocycles. The highest BCUT2D eigenvalue weighted by Gasteiger charge is 2.35. The van der Waals surface area contributed by atoms with E-state index < -0.39 is 12.0 Å². The van der Waals surface area contributed by atoms with Crippen molar-refractivity contribution in [1.29, 1.82) is 0 Å². The van der Waals surface area contributed by atoms with Gasteiger partial charge in [0.2, 0.25) is 0 Å². The number of methoxy groups -OCH3 is 1. The van der Waals surface area contributed by atoms with Crippen molar-refractivity contribution in [2.75, 3.05) is 7.11 Å². The lowest BCUT2D eigenvalue weighted by molar-refractivity contribution is -0.143. The molecule has 0 spiro atoms. The summed E-state index contributed by atoms with van der Waals surface area (Å²) in [6.07, 6.45) is 1.55. The quantitative estimate of drug-likeness (QED) is 0.276. The van der Waals surface area contributed by atoms with Crippen molar-refractivity contribution in [1.82, 2.24) is 9.13 Å². The maximum atomic E-state index is 14.1. The van der Waals surface area contributed by atoms with E-state index in [1.165, 1.54) is 16.9 Å². The summed E-state index contributed by atoms with van der Waals surface area (Å²) in [6, 6.07) is 14.7. The fourth-order valence-corrected chi connectivity index (χ4v) is 6.53. The third kappa shape index (κ3) is 5.29. The number of benzene rings is 2. The number of halogens is 1. The minimum absolute atomic E-state index is 0.261. The van der Waals surface area contributed by atoms with Gasteiger partial charge >= 0.3 is 5.97 Å². The smallest absolute Gasteiger partial charge is 0.338 e. The van der Waals surface area contributed by atoms with E-state index in [1.54, 1.807) is 50.6 Å². The summed E-state index contributed by atoms with van der Waals surface area (Å²) >= 11 is 7.70. The molecule has 0 N–H and O–H groups in total. The van der Waals surface area contributed by atoms with Gasteiger partial charge in [-0.25, -0.2) is 9.79 Å². The van der Waals surface area contributed by atoms with Gasteiger partial charge in [-0.1, -0.05) is 35.1 Å². The van der Waals surface area contributed by atoms with E-state index in [0.717, 1.165) is 22.6 Å². The van der Waals surface area contributed by atoms with E-state index in [1.807, 2.05) is 19.1 Å². The molecule has 0 unspecified atom stereocenters. The normalized spacial score (nSPS) is 15.2. The monoisotopic (exact) mass is 589 g/mol. The van der Waals surface area contributed by atoms with Crippen LogP contribution in [0.2, 0.25) is 5.02 Å². The molecule has 1 aliphatic heterocycles. The predicted octanol–water partition coefficient (Wildman–Crippen LogP) is 5.56. The van der Waals surface area contributed by atoms with E-state index in [2.05, 4.69) is 42.7 Å². The van der Waals surface area contributed by atoms with Gasteiger partial charge in [-0.15, -0.1) is 0 Å². The highest BCUT2D eigenvalue weighted by molar-refractivity contribution is 7.07. The topological polar surface area (TPSA) is 74.8 Å². The summed E-state index contributed by atoms with van der Waals surface area (Å²) in [5.74, 6) is -0.0375. The van der Waals surface area contributed by atoms with Crippen molar-refractivity contribution in [3.8, 4) is 11.4 Å². The lowest BCUT2D eigenvalue weighted by atomic mass is 9.95. The molecule has 0 radical (unpaired) electrons. The standard InChI is InChI=1S/C32H32ClN3O4S/c1-17(2)40-31(38)28-20(5)34-32-36(29(28)25-16-23(33)11-12-26(25)39-7)30(37)27(41-32)15-22-14-19(4)35(21(22)6)24-10-8-9-18(3)13-24/h8-17,29H,1-7H3/b27-15-/t29-/m1/s1. The first-order valence-electron chi connectivity index (χ1n) is 13.3. The zero-order chi connectivity index (χ0) is 29.6. The number of carbonyl (C=O) groups excluding carboxylic acids is 1. The minimum atomic E-state index is -0.826. The van der Waals surface area contributed by atoms with Crippen molar-refractivity contribution in [3.63, 3.8) is 0 Å². The molecule has 0 saturated carbocycles. The fraction of sp³-hybridized carbons (Fsp3) is 0.281. The molecule has 0 fully saturated rings. The number of aromatic nitrogens is 2. The van der Waals surface area contributed by atoms with Gasteiger partial charge in [0.1, 0.15) is 11.8 Å². The van der Waals surface area contributed by atoms with Crippen molar-refractivity contribution in [3.05, 3.63) is 113 Å². The molecule has 41 heavy (non-hydrogen) atoms. The van der Waals surface area contributed by atoms with E-state index in [0.29, 0.717) is 31.4 Å². The average molecular weight is 590 g/mol. The van der Waals surface area contributed by atoms with E-state index >= 15 is 0 Å². The SMILES string of the molecule is COc1ccc(Cl)cc1[C@@H]1C(C(=O)OC(C)C)=C(C)N=c2s/c(=C\c3cc(C)n(-c4cccc(C)c4)c3C)c(=O)n21. The third-order valence-electron chi connectivity index (χ3n) is 7.09. The van der Waals surface area contributed by atoms with Crippen LogP contribution in [0.5, 0.6) is 5.75 Å². The van der Waals surface area contributed by atoms with Crippen LogP contribution in [0.4, 0.5) is 0 Å². The van der Waals surface area contributed by atoms with Crippen LogP contribution in [0, 0.1) is 20.8 Å². The number of hydrogen-bond acceptors (Lipinski definition) is 6.